The Morgan fingerprint density at radius 2 is 1.85 bits per heavy atom. The Hall–Kier alpha value is -2.13. The Morgan fingerprint density at radius 3 is 2.45 bits per heavy atom. The lowest BCUT2D eigenvalue weighted by atomic mass is 10.2. The molecule has 0 radical (unpaired) electrons. The molecular weight excluding hydrogens is 290 g/mol. The van der Waals surface area contributed by atoms with E-state index in [4.69, 9.17) is 5.73 Å². The molecule has 1 aromatic heterocycles. The number of nitrogens with two attached hydrogens (primary N) is 1. The molecular formula is C11H10F2N4O2S. The topological polar surface area (TPSA) is 98.0 Å². The number of nitrogens with zero attached hydrogens (tertiary/aromatic N) is 2. The Kier molecular flexibility index (Phi) is 3.91. The number of hydrogen-bond donors (Lipinski definition) is 2. The molecule has 20 heavy (non-hydrogen) atoms. The van der Waals surface area contributed by atoms with Gasteiger partial charge >= 0.3 is 0 Å². The van der Waals surface area contributed by atoms with Crippen LogP contribution in [0.25, 0.3) is 0 Å². The fourth-order valence-electron chi connectivity index (χ4n) is 1.46. The highest BCUT2D eigenvalue weighted by Crippen LogP contribution is 2.21. The summed E-state index contributed by atoms with van der Waals surface area (Å²) in [6.07, 6.45) is 2.61. The Balaban J connectivity index is 2.47. The second kappa shape index (κ2) is 5.47. The highest BCUT2D eigenvalue weighted by Gasteiger charge is 2.23. The predicted octanol–water partition coefficient (Wildman–Crippen LogP) is 1.01. The second-order valence-electron chi connectivity index (χ2n) is 3.77. The SMILES string of the molecule is NCc1cc(F)c(F)c(S(=O)(=O)Nc2ncccn2)c1. The number of benzene rings is 1. The van der Waals surface area contributed by atoms with E-state index in [0.717, 1.165) is 12.1 Å². The standard InChI is InChI=1S/C11H10F2N4O2S/c12-8-4-7(6-14)5-9(10(8)13)20(18,19)17-11-15-2-1-3-16-11/h1-5H,6,14H2,(H,15,16,17). The van der Waals surface area contributed by atoms with Crippen molar-refractivity contribution >= 4 is 16.0 Å². The molecule has 3 N–H and O–H groups in total. The highest BCUT2D eigenvalue weighted by atomic mass is 32.2. The molecule has 2 aromatic rings. The monoisotopic (exact) mass is 300 g/mol. The molecule has 1 aromatic carbocycles. The Morgan fingerprint density at radius 1 is 1.20 bits per heavy atom. The molecule has 0 saturated carbocycles. The molecule has 0 aliphatic carbocycles. The zero-order chi connectivity index (χ0) is 14.8. The summed E-state index contributed by atoms with van der Waals surface area (Å²) in [6.45, 7) is -0.123. The van der Waals surface area contributed by atoms with Crippen LogP contribution < -0.4 is 10.5 Å². The summed E-state index contributed by atoms with van der Waals surface area (Å²) in [4.78, 5) is 6.44. The van der Waals surface area contributed by atoms with Gasteiger partial charge in [0.1, 0.15) is 4.90 Å². The quantitative estimate of drug-likeness (QED) is 0.878. The van der Waals surface area contributed by atoms with Gasteiger partial charge in [-0.1, -0.05) is 0 Å². The molecule has 0 aliphatic rings. The lowest BCUT2D eigenvalue weighted by molar-refractivity contribution is 0.483. The fourth-order valence-corrected chi connectivity index (χ4v) is 2.55. The summed E-state index contributed by atoms with van der Waals surface area (Å²) in [5, 5.41) is 0. The molecule has 0 atom stereocenters. The summed E-state index contributed by atoms with van der Waals surface area (Å²) < 4.78 is 52.9. The van der Waals surface area contributed by atoms with Gasteiger partial charge in [-0.05, 0) is 23.8 Å². The molecule has 0 saturated heterocycles. The van der Waals surface area contributed by atoms with E-state index in [-0.39, 0.29) is 18.1 Å². The minimum absolute atomic E-state index is 0.123. The number of rotatable bonds is 4. The smallest absolute Gasteiger partial charge is 0.267 e. The van der Waals surface area contributed by atoms with Crippen LogP contribution in [0.4, 0.5) is 14.7 Å². The van der Waals surface area contributed by atoms with Crippen LogP contribution in [0, 0.1) is 11.6 Å². The van der Waals surface area contributed by atoms with Crippen LogP contribution in [-0.4, -0.2) is 18.4 Å². The fraction of sp³-hybridized carbons (Fsp3) is 0.0909. The maximum absolute atomic E-state index is 13.6. The third-order valence-corrected chi connectivity index (χ3v) is 3.70. The maximum atomic E-state index is 13.6. The van der Waals surface area contributed by atoms with Gasteiger partial charge in [-0.15, -0.1) is 0 Å². The summed E-state index contributed by atoms with van der Waals surface area (Å²) in [7, 11) is -4.34. The van der Waals surface area contributed by atoms with Gasteiger partial charge in [0.05, 0.1) is 0 Å². The van der Waals surface area contributed by atoms with E-state index in [2.05, 4.69) is 9.97 Å². The van der Waals surface area contributed by atoms with Crippen molar-refractivity contribution in [2.24, 2.45) is 5.73 Å². The van der Waals surface area contributed by atoms with Crippen LogP contribution in [-0.2, 0) is 16.6 Å². The van der Waals surface area contributed by atoms with Crippen molar-refractivity contribution in [1.29, 1.82) is 0 Å². The van der Waals surface area contributed by atoms with Gasteiger partial charge in [-0.2, -0.15) is 0 Å². The van der Waals surface area contributed by atoms with Crippen LogP contribution in [0.2, 0.25) is 0 Å². The van der Waals surface area contributed by atoms with Crippen molar-refractivity contribution in [3.63, 3.8) is 0 Å². The van der Waals surface area contributed by atoms with Gasteiger partial charge < -0.3 is 5.73 Å². The minimum atomic E-state index is -4.34. The number of hydrogen-bond acceptors (Lipinski definition) is 5. The van der Waals surface area contributed by atoms with Crippen LogP contribution in [0.15, 0.2) is 35.5 Å². The normalized spacial score (nSPS) is 11.3. The lowest BCUT2D eigenvalue weighted by Crippen LogP contribution is -2.17. The van der Waals surface area contributed by atoms with Crippen LogP contribution in [0.1, 0.15) is 5.56 Å². The summed E-state index contributed by atoms with van der Waals surface area (Å²) in [6, 6.07) is 3.28. The van der Waals surface area contributed by atoms with Gasteiger partial charge in [0.2, 0.25) is 5.95 Å². The summed E-state index contributed by atoms with van der Waals surface area (Å²) in [5.74, 6) is -3.02. The highest BCUT2D eigenvalue weighted by molar-refractivity contribution is 7.92. The first-order valence-electron chi connectivity index (χ1n) is 5.42. The van der Waals surface area contributed by atoms with E-state index in [1.54, 1.807) is 0 Å². The largest absolute Gasteiger partial charge is 0.326 e. The zero-order valence-corrected chi connectivity index (χ0v) is 10.9. The predicted molar refractivity (Wildman–Crippen MR) is 67.1 cm³/mol. The molecule has 6 nitrogen and oxygen atoms in total. The van der Waals surface area contributed by atoms with E-state index in [1.807, 2.05) is 4.72 Å². The van der Waals surface area contributed by atoms with Gasteiger partial charge in [0.25, 0.3) is 10.0 Å². The minimum Gasteiger partial charge on any atom is -0.326 e. The van der Waals surface area contributed by atoms with Crippen molar-refractivity contribution in [1.82, 2.24) is 9.97 Å². The average Bonchev–Trinajstić information content (AvgIpc) is 2.42. The van der Waals surface area contributed by atoms with Gasteiger partial charge in [-0.3, -0.25) is 0 Å². The maximum Gasteiger partial charge on any atom is 0.267 e. The number of anilines is 1. The first kappa shape index (κ1) is 14.3. The zero-order valence-electron chi connectivity index (χ0n) is 10.0. The molecule has 0 amide bonds. The molecule has 0 aliphatic heterocycles. The van der Waals surface area contributed by atoms with Crippen molar-refractivity contribution in [2.75, 3.05) is 4.72 Å². The number of halogens is 2. The molecule has 0 unspecified atom stereocenters. The van der Waals surface area contributed by atoms with Crippen molar-refractivity contribution in [3.05, 3.63) is 47.8 Å². The van der Waals surface area contributed by atoms with Crippen molar-refractivity contribution in [3.8, 4) is 0 Å². The number of nitrogens with one attached hydrogen (secondary N) is 1. The Labute approximate surface area is 113 Å². The number of sulfonamides is 1. The van der Waals surface area contributed by atoms with E-state index >= 15 is 0 Å². The van der Waals surface area contributed by atoms with E-state index in [0.29, 0.717) is 0 Å². The van der Waals surface area contributed by atoms with E-state index in [9.17, 15) is 17.2 Å². The van der Waals surface area contributed by atoms with Gasteiger partial charge in [-0.25, -0.2) is 31.9 Å². The first-order chi connectivity index (χ1) is 9.44. The van der Waals surface area contributed by atoms with Crippen molar-refractivity contribution < 1.29 is 17.2 Å². The molecule has 0 bridgehead atoms. The van der Waals surface area contributed by atoms with Crippen LogP contribution in [0.5, 0.6) is 0 Å². The third kappa shape index (κ3) is 2.89. The first-order valence-corrected chi connectivity index (χ1v) is 6.90. The second-order valence-corrected chi connectivity index (χ2v) is 5.42. The molecule has 0 spiro atoms. The van der Waals surface area contributed by atoms with Gasteiger partial charge in [0, 0.05) is 18.9 Å². The van der Waals surface area contributed by atoms with Crippen LogP contribution >= 0.6 is 0 Å². The van der Waals surface area contributed by atoms with E-state index < -0.39 is 26.6 Å². The average molecular weight is 300 g/mol. The van der Waals surface area contributed by atoms with Crippen LogP contribution in [0.3, 0.4) is 0 Å². The lowest BCUT2D eigenvalue weighted by Gasteiger charge is -2.09. The molecule has 1 heterocycles. The van der Waals surface area contributed by atoms with Crippen molar-refractivity contribution in [2.45, 2.75) is 11.4 Å². The summed E-state index contributed by atoms with van der Waals surface area (Å²) >= 11 is 0. The summed E-state index contributed by atoms with van der Waals surface area (Å²) in [5.41, 5.74) is 5.46. The number of aromatic nitrogens is 2. The van der Waals surface area contributed by atoms with E-state index in [1.165, 1.54) is 18.5 Å². The Bertz CT molecular complexity index is 723. The molecule has 106 valence electrons. The van der Waals surface area contributed by atoms with Gasteiger partial charge in [0.15, 0.2) is 11.6 Å². The molecule has 9 heteroatoms. The molecule has 0 fully saturated rings. The third-order valence-electron chi connectivity index (χ3n) is 2.37. The molecule has 2 rings (SSSR count).